The van der Waals surface area contributed by atoms with Crippen molar-refractivity contribution < 1.29 is 9.58 Å². The molecule has 0 heterocycles. The zero-order valence-electron chi connectivity index (χ0n) is 5.32. The van der Waals surface area contributed by atoms with E-state index in [2.05, 4.69) is 4.79 Å². The van der Waals surface area contributed by atoms with Gasteiger partial charge in [-0.25, -0.2) is 0 Å². The lowest BCUT2D eigenvalue weighted by Gasteiger charge is -1.85. The molecule has 0 aliphatic heterocycles. The van der Waals surface area contributed by atoms with Gasteiger partial charge >= 0.3 is 6.21 Å². The summed E-state index contributed by atoms with van der Waals surface area (Å²) in [5, 5.41) is 0. The molecule has 1 rings (SSSR count). The number of ketones is 1. The first kappa shape index (κ1) is 6.65. The third-order valence-corrected chi connectivity index (χ3v) is 1.26. The summed E-state index contributed by atoms with van der Waals surface area (Å²) in [5.74, 6) is -0.229. The van der Waals surface area contributed by atoms with Crippen molar-refractivity contribution in [3.8, 4) is 0 Å². The maximum absolute atomic E-state index is 10.8. The molecule has 0 saturated carbocycles. The van der Waals surface area contributed by atoms with Gasteiger partial charge in [0, 0.05) is 5.57 Å². The van der Waals surface area contributed by atoms with Crippen LogP contribution < -0.4 is 0 Å². The summed E-state index contributed by atoms with van der Waals surface area (Å²) in [6.45, 7) is 0. The van der Waals surface area contributed by atoms with Crippen LogP contribution in [-0.2, 0) is 4.79 Å². The molecular weight excluding hydrogens is 128 g/mol. The van der Waals surface area contributed by atoms with E-state index >= 15 is 0 Å². The van der Waals surface area contributed by atoms with Crippen LogP contribution in [0, 0.1) is 0 Å². The van der Waals surface area contributed by atoms with Gasteiger partial charge in [-0.15, -0.1) is 0 Å². The van der Waals surface area contributed by atoms with E-state index in [1.807, 2.05) is 6.08 Å². The van der Waals surface area contributed by atoms with E-state index in [4.69, 9.17) is 5.53 Å². The second-order valence-corrected chi connectivity index (χ2v) is 1.93. The van der Waals surface area contributed by atoms with Crippen molar-refractivity contribution in [2.45, 2.75) is 6.42 Å². The quantitative estimate of drug-likeness (QED) is 0.312. The van der Waals surface area contributed by atoms with E-state index in [0.717, 1.165) is 6.21 Å². The summed E-state index contributed by atoms with van der Waals surface area (Å²) in [4.78, 5) is 13.5. The standard InChI is InChI=1S/C7H6N2O/c8-9-5-7(10)6-3-1-2-4-6/h1-3,5H,4H2. The van der Waals surface area contributed by atoms with Gasteiger partial charge in [-0.05, 0) is 6.42 Å². The molecule has 1 aliphatic carbocycles. The summed E-state index contributed by atoms with van der Waals surface area (Å²) in [6, 6.07) is 0. The molecule has 0 bridgehead atoms. The Morgan fingerprint density at radius 1 is 1.80 bits per heavy atom. The molecule has 3 heteroatoms. The highest BCUT2D eigenvalue weighted by atomic mass is 16.1. The Morgan fingerprint density at radius 3 is 3.10 bits per heavy atom. The monoisotopic (exact) mass is 134 g/mol. The van der Waals surface area contributed by atoms with Gasteiger partial charge in [0.15, 0.2) is 0 Å². The number of hydrogen-bond donors (Lipinski definition) is 0. The lowest BCUT2D eigenvalue weighted by atomic mass is 10.1. The van der Waals surface area contributed by atoms with Gasteiger partial charge in [-0.3, -0.25) is 4.79 Å². The van der Waals surface area contributed by atoms with Gasteiger partial charge in [0.1, 0.15) is 0 Å². The van der Waals surface area contributed by atoms with Crippen LogP contribution in [0.5, 0.6) is 0 Å². The first-order valence-corrected chi connectivity index (χ1v) is 2.92. The third-order valence-electron chi connectivity index (χ3n) is 1.26. The van der Waals surface area contributed by atoms with Crippen molar-refractivity contribution >= 4 is 12.0 Å². The molecule has 50 valence electrons. The molecule has 0 spiro atoms. The zero-order chi connectivity index (χ0) is 7.40. The molecule has 0 N–H and O–H groups in total. The van der Waals surface area contributed by atoms with Crippen LogP contribution in [0.1, 0.15) is 6.42 Å². The highest BCUT2D eigenvalue weighted by molar-refractivity contribution is 6.33. The molecule has 0 saturated heterocycles. The Morgan fingerprint density at radius 2 is 2.60 bits per heavy atom. The van der Waals surface area contributed by atoms with Crippen molar-refractivity contribution in [1.29, 1.82) is 0 Å². The van der Waals surface area contributed by atoms with Crippen LogP contribution in [0.15, 0.2) is 23.8 Å². The van der Waals surface area contributed by atoms with Crippen molar-refractivity contribution in [2.75, 3.05) is 0 Å². The summed E-state index contributed by atoms with van der Waals surface area (Å²) in [7, 11) is 0. The number of rotatable bonds is 2. The lowest BCUT2D eigenvalue weighted by Crippen LogP contribution is -2.01. The minimum absolute atomic E-state index is 0.229. The number of hydrogen-bond acceptors (Lipinski definition) is 1. The van der Waals surface area contributed by atoms with E-state index < -0.39 is 0 Å². The van der Waals surface area contributed by atoms with Gasteiger partial charge in [0.25, 0.3) is 5.78 Å². The summed E-state index contributed by atoms with van der Waals surface area (Å²) >= 11 is 0. The van der Waals surface area contributed by atoms with Crippen LogP contribution in [0.4, 0.5) is 0 Å². The van der Waals surface area contributed by atoms with Gasteiger partial charge < -0.3 is 5.53 Å². The van der Waals surface area contributed by atoms with Gasteiger partial charge in [0.05, 0.1) is 0 Å². The highest BCUT2D eigenvalue weighted by Crippen LogP contribution is 2.09. The smallest absolute Gasteiger partial charge is 0.327 e. The normalized spacial score (nSPS) is 14.2. The fraction of sp³-hybridized carbons (Fsp3) is 0.143. The van der Waals surface area contributed by atoms with Crippen molar-refractivity contribution in [2.24, 2.45) is 0 Å². The van der Waals surface area contributed by atoms with E-state index in [1.165, 1.54) is 0 Å². The Labute approximate surface area is 58.3 Å². The maximum atomic E-state index is 10.8. The van der Waals surface area contributed by atoms with Gasteiger partial charge in [0.2, 0.25) is 0 Å². The van der Waals surface area contributed by atoms with Crippen LogP contribution in [0.3, 0.4) is 0 Å². The second-order valence-electron chi connectivity index (χ2n) is 1.93. The molecule has 0 unspecified atom stereocenters. The number of allylic oxidation sites excluding steroid dienone is 4. The predicted molar refractivity (Wildman–Crippen MR) is 36.5 cm³/mol. The Kier molecular flexibility index (Phi) is 1.92. The minimum Gasteiger partial charge on any atom is -0.361 e. The van der Waals surface area contributed by atoms with Crippen LogP contribution in [0.25, 0.3) is 5.53 Å². The van der Waals surface area contributed by atoms with E-state index in [9.17, 15) is 4.79 Å². The predicted octanol–water partition coefficient (Wildman–Crippen LogP) is 0.742. The first-order valence-electron chi connectivity index (χ1n) is 2.92. The summed E-state index contributed by atoms with van der Waals surface area (Å²) < 4.78 is 0. The van der Waals surface area contributed by atoms with Crippen molar-refractivity contribution in [3.05, 3.63) is 29.3 Å². The molecule has 0 amide bonds. The lowest BCUT2D eigenvalue weighted by molar-refractivity contribution is -0.112. The molecule has 0 atom stereocenters. The van der Waals surface area contributed by atoms with Crippen molar-refractivity contribution in [1.82, 2.24) is 0 Å². The van der Waals surface area contributed by atoms with Gasteiger partial charge in [-0.1, -0.05) is 18.2 Å². The van der Waals surface area contributed by atoms with Crippen molar-refractivity contribution in [3.63, 3.8) is 0 Å². The Balaban J connectivity index is 2.68. The number of Topliss-reactive ketones (excluding diaryl/α,β-unsaturated/α-hetero) is 1. The molecule has 1 aliphatic rings. The highest BCUT2D eigenvalue weighted by Gasteiger charge is 2.10. The number of carbonyl (C=O) groups is 1. The minimum atomic E-state index is -0.229. The van der Waals surface area contributed by atoms with Crippen LogP contribution in [-0.4, -0.2) is 16.8 Å². The largest absolute Gasteiger partial charge is 0.361 e. The van der Waals surface area contributed by atoms with E-state index in [-0.39, 0.29) is 5.78 Å². The number of nitrogens with zero attached hydrogens (tertiary/aromatic N) is 2. The molecule has 0 aromatic rings. The van der Waals surface area contributed by atoms with E-state index in [1.54, 1.807) is 12.2 Å². The average molecular weight is 134 g/mol. The fourth-order valence-electron chi connectivity index (χ4n) is 0.765. The molecule has 0 radical (unpaired) electrons. The summed E-state index contributed by atoms with van der Waals surface area (Å²) in [6.07, 6.45) is 6.94. The maximum Gasteiger partial charge on any atom is 0.327 e. The Hall–Kier alpha value is -1.47. The van der Waals surface area contributed by atoms with Gasteiger partial charge in [-0.2, -0.15) is 4.79 Å². The Bertz CT molecular complexity index is 257. The van der Waals surface area contributed by atoms with Crippen LogP contribution >= 0.6 is 0 Å². The summed E-state index contributed by atoms with van der Waals surface area (Å²) in [5.41, 5.74) is 8.66. The van der Waals surface area contributed by atoms with E-state index in [0.29, 0.717) is 12.0 Å². The zero-order valence-corrected chi connectivity index (χ0v) is 5.32. The molecule has 0 fully saturated rings. The van der Waals surface area contributed by atoms with Crippen LogP contribution in [0.2, 0.25) is 0 Å². The molecule has 3 nitrogen and oxygen atoms in total. The molecule has 0 aromatic heterocycles. The second kappa shape index (κ2) is 2.90. The first-order chi connectivity index (χ1) is 4.84. The molecule has 0 aromatic carbocycles. The fourth-order valence-corrected chi connectivity index (χ4v) is 0.765. The number of carbonyl (C=O) groups excluding carboxylic acids is 1. The third kappa shape index (κ3) is 1.27. The SMILES string of the molecule is [N-]=[N+]=CC(=O)C1=CC=CC1. The topological polar surface area (TPSA) is 53.5 Å². The molecule has 10 heavy (non-hydrogen) atoms. The molecular formula is C7H6N2O. The average Bonchev–Trinajstić information content (AvgIpc) is 2.38.